The second kappa shape index (κ2) is 3.70. The fourth-order valence-corrected chi connectivity index (χ4v) is 2.02. The van der Waals surface area contributed by atoms with Crippen LogP contribution in [0.25, 0.3) is 0 Å². The minimum atomic E-state index is -0.809. The summed E-state index contributed by atoms with van der Waals surface area (Å²) < 4.78 is 0. The summed E-state index contributed by atoms with van der Waals surface area (Å²) in [6.45, 7) is 0.662. The number of benzene rings is 1. The summed E-state index contributed by atoms with van der Waals surface area (Å²) in [5.41, 5.74) is 1.10. The van der Waals surface area contributed by atoms with Crippen LogP contribution < -0.4 is 0 Å². The third kappa shape index (κ3) is 1.58. The van der Waals surface area contributed by atoms with Crippen LogP contribution in [0.15, 0.2) is 30.3 Å². The van der Waals surface area contributed by atoms with Gasteiger partial charge in [0, 0.05) is 6.54 Å². The number of carboxylic acid groups (broad SMARTS) is 1. The smallest absolute Gasteiger partial charge is 0.407 e. The Morgan fingerprint density at radius 1 is 1.36 bits per heavy atom. The fraction of sp³-hybridized carbons (Fsp3) is 0.364. The van der Waals surface area contributed by atoms with Gasteiger partial charge in [-0.05, 0) is 18.4 Å². The van der Waals surface area contributed by atoms with Crippen molar-refractivity contribution in [3.63, 3.8) is 0 Å². The Hall–Kier alpha value is -1.51. The maximum atomic E-state index is 10.9. The van der Waals surface area contributed by atoms with E-state index in [1.807, 2.05) is 30.3 Å². The molecule has 1 N–H and O–H groups in total. The van der Waals surface area contributed by atoms with Crippen molar-refractivity contribution in [2.45, 2.75) is 18.9 Å². The molecule has 3 heteroatoms. The zero-order chi connectivity index (χ0) is 9.97. The molecule has 3 nitrogen and oxygen atoms in total. The molecule has 74 valence electrons. The molecule has 2 rings (SSSR count). The van der Waals surface area contributed by atoms with E-state index >= 15 is 0 Å². The molecule has 1 unspecified atom stereocenters. The fourth-order valence-electron chi connectivity index (χ4n) is 2.02. The highest BCUT2D eigenvalue weighted by atomic mass is 16.4. The van der Waals surface area contributed by atoms with E-state index in [1.165, 1.54) is 4.90 Å². The van der Waals surface area contributed by atoms with Crippen LogP contribution >= 0.6 is 0 Å². The Balaban J connectivity index is 2.22. The zero-order valence-corrected chi connectivity index (χ0v) is 7.89. The van der Waals surface area contributed by atoms with Crippen LogP contribution in [-0.4, -0.2) is 22.6 Å². The first-order chi connectivity index (χ1) is 6.79. The van der Waals surface area contributed by atoms with E-state index in [4.69, 9.17) is 5.11 Å². The molecule has 1 aliphatic heterocycles. The van der Waals surface area contributed by atoms with E-state index in [9.17, 15) is 4.79 Å². The summed E-state index contributed by atoms with van der Waals surface area (Å²) in [5.74, 6) is 0. The van der Waals surface area contributed by atoms with Gasteiger partial charge in [-0.15, -0.1) is 0 Å². The monoisotopic (exact) mass is 191 g/mol. The molecule has 14 heavy (non-hydrogen) atoms. The van der Waals surface area contributed by atoms with E-state index in [0.29, 0.717) is 6.54 Å². The average Bonchev–Trinajstić information content (AvgIpc) is 2.67. The summed E-state index contributed by atoms with van der Waals surface area (Å²) in [6.07, 6.45) is 1.10. The van der Waals surface area contributed by atoms with Crippen LogP contribution in [0, 0.1) is 0 Å². The van der Waals surface area contributed by atoms with Crippen molar-refractivity contribution in [3.8, 4) is 0 Å². The number of carbonyl (C=O) groups is 1. The lowest BCUT2D eigenvalue weighted by Gasteiger charge is -2.21. The van der Waals surface area contributed by atoms with Gasteiger partial charge in [0.1, 0.15) is 0 Å². The first kappa shape index (κ1) is 9.06. The van der Waals surface area contributed by atoms with Crippen LogP contribution in [0.1, 0.15) is 24.4 Å². The highest BCUT2D eigenvalue weighted by Crippen LogP contribution is 2.31. The Bertz CT molecular complexity index is 323. The quantitative estimate of drug-likeness (QED) is 0.740. The predicted octanol–water partition coefficient (Wildman–Crippen LogP) is 2.50. The summed E-state index contributed by atoms with van der Waals surface area (Å²) in [7, 11) is 0. The molecule has 1 atom stereocenters. The van der Waals surface area contributed by atoms with Crippen LogP contribution in [0.4, 0.5) is 4.79 Å². The summed E-state index contributed by atoms with van der Waals surface area (Å²) >= 11 is 0. The second-order valence-corrected chi connectivity index (χ2v) is 3.54. The normalized spacial score (nSPS) is 21.1. The van der Waals surface area contributed by atoms with Crippen molar-refractivity contribution in [1.29, 1.82) is 0 Å². The Morgan fingerprint density at radius 3 is 2.71 bits per heavy atom. The van der Waals surface area contributed by atoms with Crippen molar-refractivity contribution in [3.05, 3.63) is 35.9 Å². The molecule has 0 bridgehead atoms. The van der Waals surface area contributed by atoms with Gasteiger partial charge in [0.05, 0.1) is 6.04 Å². The van der Waals surface area contributed by atoms with Crippen LogP contribution in [-0.2, 0) is 0 Å². The highest BCUT2D eigenvalue weighted by Gasteiger charge is 2.29. The first-order valence-corrected chi connectivity index (χ1v) is 4.83. The van der Waals surface area contributed by atoms with E-state index in [-0.39, 0.29) is 6.04 Å². The molecule has 0 aliphatic carbocycles. The number of hydrogen-bond acceptors (Lipinski definition) is 1. The molecule has 1 fully saturated rings. The van der Waals surface area contributed by atoms with Gasteiger partial charge in [-0.25, -0.2) is 4.79 Å². The van der Waals surface area contributed by atoms with Gasteiger partial charge in [-0.2, -0.15) is 0 Å². The summed E-state index contributed by atoms with van der Waals surface area (Å²) in [5, 5.41) is 8.97. The van der Waals surface area contributed by atoms with Gasteiger partial charge in [0.15, 0.2) is 0 Å². The van der Waals surface area contributed by atoms with E-state index < -0.39 is 6.09 Å². The molecule has 0 spiro atoms. The molecule has 1 heterocycles. The van der Waals surface area contributed by atoms with E-state index in [2.05, 4.69) is 0 Å². The minimum Gasteiger partial charge on any atom is -0.465 e. The number of rotatable bonds is 1. The number of likely N-dealkylation sites (tertiary alicyclic amines) is 1. The number of amides is 1. The number of hydrogen-bond donors (Lipinski definition) is 1. The minimum absolute atomic E-state index is 0.0636. The van der Waals surface area contributed by atoms with Crippen LogP contribution in [0.5, 0.6) is 0 Å². The molecular formula is C11H13NO2. The predicted molar refractivity (Wildman–Crippen MR) is 53.1 cm³/mol. The molecule has 1 aromatic rings. The lowest BCUT2D eigenvalue weighted by Crippen LogP contribution is -2.28. The van der Waals surface area contributed by atoms with Gasteiger partial charge in [0.2, 0.25) is 0 Å². The van der Waals surface area contributed by atoms with Crippen molar-refractivity contribution >= 4 is 6.09 Å². The molecule has 1 saturated heterocycles. The molecule has 1 amide bonds. The van der Waals surface area contributed by atoms with Crippen molar-refractivity contribution in [1.82, 2.24) is 4.90 Å². The van der Waals surface area contributed by atoms with Gasteiger partial charge >= 0.3 is 6.09 Å². The second-order valence-electron chi connectivity index (χ2n) is 3.54. The third-order valence-corrected chi connectivity index (χ3v) is 2.68. The summed E-state index contributed by atoms with van der Waals surface area (Å²) in [6, 6.07) is 9.90. The maximum absolute atomic E-state index is 10.9. The Kier molecular flexibility index (Phi) is 2.39. The lowest BCUT2D eigenvalue weighted by molar-refractivity contribution is 0.140. The maximum Gasteiger partial charge on any atom is 0.407 e. The van der Waals surface area contributed by atoms with E-state index in [1.54, 1.807) is 0 Å². The van der Waals surface area contributed by atoms with Crippen molar-refractivity contribution in [2.75, 3.05) is 6.54 Å². The Morgan fingerprint density at radius 2 is 2.07 bits per heavy atom. The third-order valence-electron chi connectivity index (χ3n) is 2.68. The molecule has 1 aliphatic rings. The van der Waals surface area contributed by atoms with Crippen molar-refractivity contribution in [2.24, 2.45) is 0 Å². The SMILES string of the molecule is O=C(O)N1CCCC1c1ccccc1. The largest absolute Gasteiger partial charge is 0.465 e. The van der Waals surface area contributed by atoms with Crippen LogP contribution in [0.3, 0.4) is 0 Å². The van der Waals surface area contributed by atoms with Gasteiger partial charge in [-0.3, -0.25) is 0 Å². The van der Waals surface area contributed by atoms with Crippen LogP contribution in [0.2, 0.25) is 0 Å². The van der Waals surface area contributed by atoms with Gasteiger partial charge in [0.25, 0.3) is 0 Å². The zero-order valence-electron chi connectivity index (χ0n) is 7.89. The lowest BCUT2D eigenvalue weighted by atomic mass is 10.1. The van der Waals surface area contributed by atoms with Crippen molar-refractivity contribution < 1.29 is 9.90 Å². The Labute approximate surface area is 83.0 Å². The standard InChI is InChI=1S/C11H13NO2/c13-11(14)12-8-4-7-10(12)9-5-2-1-3-6-9/h1-3,5-6,10H,4,7-8H2,(H,13,14). The molecule has 1 aromatic carbocycles. The molecule has 0 saturated carbocycles. The topological polar surface area (TPSA) is 40.5 Å². The van der Waals surface area contributed by atoms with E-state index in [0.717, 1.165) is 18.4 Å². The van der Waals surface area contributed by atoms with Gasteiger partial charge < -0.3 is 10.0 Å². The molecule has 0 aromatic heterocycles. The molecule has 0 radical (unpaired) electrons. The van der Waals surface area contributed by atoms with Gasteiger partial charge in [-0.1, -0.05) is 30.3 Å². The summed E-state index contributed by atoms with van der Waals surface area (Å²) in [4.78, 5) is 12.4. The highest BCUT2D eigenvalue weighted by molar-refractivity contribution is 5.66. The molecular weight excluding hydrogens is 178 g/mol. The number of nitrogens with zero attached hydrogens (tertiary/aromatic N) is 1. The first-order valence-electron chi connectivity index (χ1n) is 4.83. The average molecular weight is 191 g/mol.